The summed E-state index contributed by atoms with van der Waals surface area (Å²) in [5, 5.41) is 14.2. The molecule has 0 aliphatic carbocycles. The van der Waals surface area contributed by atoms with E-state index in [4.69, 9.17) is 24.5 Å². The van der Waals surface area contributed by atoms with Crippen molar-refractivity contribution in [3.05, 3.63) is 30.1 Å². The van der Waals surface area contributed by atoms with Crippen molar-refractivity contribution in [3.63, 3.8) is 0 Å². The lowest BCUT2D eigenvalue weighted by molar-refractivity contribution is -0.193. The van der Waals surface area contributed by atoms with E-state index in [1.54, 1.807) is 24.6 Å². The number of aromatic nitrogens is 1. The molecule has 2 aliphatic heterocycles. The van der Waals surface area contributed by atoms with Crippen LogP contribution in [-0.2, 0) is 31.1 Å². The third kappa shape index (κ3) is 10.5. The van der Waals surface area contributed by atoms with Crippen molar-refractivity contribution in [3.8, 4) is 0 Å². The Morgan fingerprint density at radius 2 is 1.62 bits per heavy atom. The molecule has 18 heteroatoms. The predicted octanol–water partition coefficient (Wildman–Crippen LogP) is 2.07. The molecule has 2 N–H and O–H groups in total. The Kier molecular flexibility index (Phi) is 12.1. The van der Waals surface area contributed by atoms with Gasteiger partial charge in [-0.1, -0.05) is 6.07 Å². The highest BCUT2D eigenvalue weighted by molar-refractivity contribution is 7.86. The second-order valence-corrected chi connectivity index (χ2v) is 11.1. The molecule has 2 aliphatic rings. The van der Waals surface area contributed by atoms with E-state index in [2.05, 4.69) is 16.9 Å². The molecule has 0 bridgehead atoms. The van der Waals surface area contributed by atoms with Crippen molar-refractivity contribution in [2.45, 2.75) is 37.3 Å². The average molecular weight is 597 g/mol. The number of piperidine rings is 1. The number of nitrogens with zero attached hydrogens (tertiary/aromatic N) is 4. The molecular weight excluding hydrogens is 566 g/mol. The molecule has 224 valence electrons. The Labute approximate surface area is 221 Å². The lowest BCUT2D eigenvalue weighted by Crippen LogP contribution is -2.73. The van der Waals surface area contributed by atoms with Crippen LogP contribution in [0.25, 0.3) is 0 Å². The van der Waals surface area contributed by atoms with Crippen LogP contribution in [0.3, 0.4) is 0 Å². The predicted molar refractivity (Wildman–Crippen MR) is 124 cm³/mol. The molecule has 1 spiro atoms. The van der Waals surface area contributed by atoms with Crippen LogP contribution in [0.5, 0.6) is 0 Å². The third-order valence-electron chi connectivity index (χ3n) is 5.89. The van der Waals surface area contributed by atoms with Crippen molar-refractivity contribution in [2.24, 2.45) is 5.92 Å². The third-order valence-corrected chi connectivity index (χ3v) is 7.73. The van der Waals surface area contributed by atoms with Gasteiger partial charge in [0, 0.05) is 38.9 Å². The van der Waals surface area contributed by atoms with E-state index in [0.29, 0.717) is 32.2 Å². The summed E-state index contributed by atoms with van der Waals surface area (Å²) >= 11 is 0. The highest BCUT2D eigenvalue weighted by atomic mass is 32.2. The number of ether oxygens (including phenoxy) is 1. The topological polar surface area (TPSA) is 141 Å². The van der Waals surface area contributed by atoms with Gasteiger partial charge in [-0.3, -0.25) is 9.88 Å². The van der Waals surface area contributed by atoms with Crippen LogP contribution in [-0.4, -0.2) is 114 Å². The van der Waals surface area contributed by atoms with Crippen molar-refractivity contribution in [1.29, 1.82) is 0 Å². The van der Waals surface area contributed by atoms with E-state index in [9.17, 15) is 34.8 Å². The average Bonchev–Trinajstić information content (AvgIpc) is 2.79. The number of rotatable bonds is 6. The Balaban J connectivity index is 0.000000449. The van der Waals surface area contributed by atoms with Crippen molar-refractivity contribution in [1.82, 2.24) is 18.5 Å². The van der Waals surface area contributed by atoms with E-state index in [1.165, 1.54) is 4.31 Å². The number of carbonyl (C=O) groups is 2. The standard InChI is InChI=1S/C17H28N4O3S.2C2HF3O2/c1-19(2)25(22,23)21-13-17(14-21)10-15(7-9-20(17)3)11-24-12-16-6-4-5-8-18-16;2*3-2(4,5)1(6)7/h4-6,8,15H,7,9-14H2,1-3H3;2*(H,6,7). The molecular formula is C21H30F6N4O7S. The highest BCUT2D eigenvalue weighted by Gasteiger charge is 2.53. The fourth-order valence-electron chi connectivity index (χ4n) is 3.74. The molecule has 0 radical (unpaired) electrons. The number of hydrogen-bond donors (Lipinski definition) is 2. The highest BCUT2D eigenvalue weighted by Crippen LogP contribution is 2.39. The Morgan fingerprint density at radius 1 is 1.10 bits per heavy atom. The molecule has 1 aromatic rings. The molecule has 1 aromatic heterocycles. The second kappa shape index (κ2) is 13.7. The molecule has 2 fully saturated rings. The Bertz CT molecular complexity index is 1030. The summed E-state index contributed by atoms with van der Waals surface area (Å²) in [7, 11) is 1.96. The molecule has 3 heterocycles. The summed E-state index contributed by atoms with van der Waals surface area (Å²) in [6.45, 7) is 3.35. The molecule has 3 rings (SSSR count). The molecule has 0 saturated carbocycles. The van der Waals surface area contributed by atoms with E-state index in [1.807, 2.05) is 18.2 Å². The molecule has 39 heavy (non-hydrogen) atoms. The summed E-state index contributed by atoms with van der Waals surface area (Å²) in [6.07, 6.45) is -6.33. The number of pyridine rings is 1. The van der Waals surface area contributed by atoms with Gasteiger partial charge in [-0.2, -0.15) is 43.4 Å². The summed E-state index contributed by atoms with van der Waals surface area (Å²) in [5.41, 5.74) is 0.900. The maximum Gasteiger partial charge on any atom is 0.490 e. The van der Waals surface area contributed by atoms with Crippen LogP contribution in [0.1, 0.15) is 18.5 Å². The molecule has 1 unspecified atom stereocenters. The van der Waals surface area contributed by atoms with Gasteiger partial charge in [0.1, 0.15) is 0 Å². The van der Waals surface area contributed by atoms with Gasteiger partial charge in [0.25, 0.3) is 10.2 Å². The maximum atomic E-state index is 12.3. The first-order chi connectivity index (χ1) is 17.7. The minimum Gasteiger partial charge on any atom is -0.475 e. The zero-order valence-electron chi connectivity index (χ0n) is 21.2. The van der Waals surface area contributed by atoms with Crippen LogP contribution >= 0.6 is 0 Å². The van der Waals surface area contributed by atoms with Crippen LogP contribution in [0.4, 0.5) is 26.3 Å². The van der Waals surface area contributed by atoms with Gasteiger partial charge in [-0.25, -0.2) is 9.59 Å². The molecule has 0 amide bonds. The first-order valence-electron chi connectivity index (χ1n) is 11.2. The molecule has 11 nitrogen and oxygen atoms in total. The van der Waals surface area contributed by atoms with E-state index in [-0.39, 0.29) is 5.54 Å². The van der Waals surface area contributed by atoms with Crippen molar-refractivity contribution >= 4 is 22.1 Å². The molecule has 0 aromatic carbocycles. The summed E-state index contributed by atoms with van der Waals surface area (Å²) in [5.74, 6) is -5.05. The zero-order valence-corrected chi connectivity index (χ0v) is 22.1. The van der Waals surface area contributed by atoms with E-state index in [0.717, 1.165) is 25.1 Å². The van der Waals surface area contributed by atoms with Crippen LogP contribution in [0, 0.1) is 5.92 Å². The monoisotopic (exact) mass is 596 g/mol. The number of alkyl halides is 6. The molecule has 2 saturated heterocycles. The van der Waals surface area contributed by atoms with Gasteiger partial charge in [-0.05, 0) is 44.5 Å². The molecule has 1 atom stereocenters. The zero-order chi connectivity index (χ0) is 30.2. The number of likely N-dealkylation sites (N-methyl/N-ethyl adjacent to an activating group) is 1. The largest absolute Gasteiger partial charge is 0.490 e. The minimum absolute atomic E-state index is 0.0413. The fraction of sp³-hybridized carbons (Fsp3) is 0.667. The number of carboxylic acids is 2. The minimum atomic E-state index is -5.08. The van der Waals surface area contributed by atoms with Gasteiger partial charge in [0.2, 0.25) is 0 Å². The Hall–Kier alpha value is -2.54. The van der Waals surface area contributed by atoms with Crippen LogP contribution < -0.4 is 0 Å². The normalized spacial score (nSPS) is 19.8. The first-order valence-corrected chi connectivity index (χ1v) is 12.6. The smallest absolute Gasteiger partial charge is 0.475 e. The van der Waals surface area contributed by atoms with Gasteiger partial charge in [0.15, 0.2) is 0 Å². The van der Waals surface area contributed by atoms with Crippen LogP contribution in [0.15, 0.2) is 24.4 Å². The summed E-state index contributed by atoms with van der Waals surface area (Å²) in [6, 6.07) is 5.82. The number of halogens is 6. The van der Waals surface area contributed by atoms with E-state index < -0.39 is 34.5 Å². The number of hydrogen-bond acceptors (Lipinski definition) is 7. The van der Waals surface area contributed by atoms with Gasteiger partial charge < -0.3 is 14.9 Å². The van der Waals surface area contributed by atoms with E-state index >= 15 is 0 Å². The van der Waals surface area contributed by atoms with Crippen molar-refractivity contribution in [2.75, 3.05) is 47.4 Å². The number of likely N-dealkylation sites (tertiary alicyclic amines) is 1. The quantitative estimate of drug-likeness (QED) is 0.473. The van der Waals surface area contributed by atoms with Gasteiger partial charge in [-0.15, -0.1) is 0 Å². The maximum absolute atomic E-state index is 12.3. The SMILES string of the molecule is CN1CCC(COCc2ccccn2)CC12CN(S(=O)(=O)N(C)C)C2.O=C(O)C(F)(F)F.O=C(O)C(F)(F)F. The summed E-state index contributed by atoms with van der Waals surface area (Å²) in [4.78, 5) is 24.4. The Morgan fingerprint density at radius 3 is 2.03 bits per heavy atom. The van der Waals surface area contributed by atoms with Gasteiger partial charge in [0.05, 0.1) is 18.9 Å². The van der Waals surface area contributed by atoms with Crippen LogP contribution in [0.2, 0.25) is 0 Å². The number of aliphatic carboxylic acids is 2. The fourth-order valence-corrected chi connectivity index (χ4v) is 5.01. The summed E-state index contributed by atoms with van der Waals surface area (Å²) < 4.78 is 96.7. The van der Waals surface area contributed by atoms with Gasteiger partial charge >= 0.3 is 24.3 Å². The number of carboxylic acid groups (broad SMARTS) is 2. The lowest BCUT2D eigenvalue weighted by atomic mass is 9.77. The van der Waals surface area contributed by atoms with Crippen molar-refractivity contribution < 1.29 is 59.3 Å². The first kappa shape index (κ1) is 34.5. The lowest BCUT2D eigenvalue weighted by Gasteiger charge is -2.58. The second-order valence-electron chi connectivity index (χ2n) is 9.00.